The summed E-state index contributed by atoms with van der Waals surface area (Å²) in [6, 6.07) is 4.24. The second kappa shape index (κ2) is 11.2. The molecule has 0 spiro atoms. The van der Waals surface area contributed by atoms with Crippen molar-refractivity contribution >= 4 is 29.3 Å². The van der Waals surface area contributed by atoms with Gasteiger partial charge in [-0.3, -0.25) is 34.3 Å². The van der Waals surface area contributed by atoms with Gasteiger partial charge in [-0.05, 0) is 69.3 Å². The number of likely N-dealkylation sites (tertiary alicyclic amines) is 1. The molecule has 4 fully saturated rings. The van der Waals surface area contributed by atoms with Gasteiger partial charge in [0.05, 0.1) is 11.1 Å². The van der Waals surface area contributed by atoms with Crippen molar-refractivity contribution < 1.29 is 23.6 Å². The first kappa shape index (κ1) is 27.3. The van der Waals surface area contributed by atoms with Crippen molar-refractivity contribution in [3.8, 4) is 0 Å². The van der Waals surface area contributed by atoms with Gasteiger partial charge in [0.15, 0.2) is 0 Å². The van der Waals surface area contributed by atoms with E-state index in [1.165, 1.54) is 12.8 Å². The van der Waals surface area contributed by atoms with E-state index in [0.717, 1.165) is 62.3 Å². The topological polar surface area (TPSA) is 105 Å². The fraction of sp³-hybridized carbons (Fsp3) is 0.655. The van der Waals surface area contributed by atoms with E-state index in [4.69, 9.17) is 0 Å². The van der Waals surface area contributed by atoms with E-state index < -0.39 is 35.3 Å². The molecule has 1 aromatic rings. The Kier molecular flexibility index (Phi) is 7.62. The molecule has 40 heavy (non-hydrogen) atoms. The van der Waals surface area contributed by atoms with Crippen LogP contribution >= 0.6 is 0 Å². The van der Waals surface area contributed by atoms with E-state index in [9.17, 15) is 19.2 Å². The monoisotopic (exact) mass is 554 g/mol. The number of anilines is 1. The highest BCUT2D eigenvalue weighted by molar-refractivity contribution is 6.23. The largest absolute Gasteiger partial charge is 0.369 e. The van der Waals surface area contributed by atoms with Crippen LogP contribution in [0.25, 0.3) is 0 Å². The summed E-state index contributed by atoms with van der Waals surface area (Å²) < 4.78 is 15.8. The summed E-state index contributed by atoms with van der Waals surface area (Å²) >= 11 is 0. The SMILES string of the molecule is O=C1CCC(N2C(=O)c3ccc(N4CCN(CC5(F)CCN(CC6CCNCC6)CC5)CC4)cc3C2=O)C(=O)N1. The normalized spacial score (nSPS) is 26.8. The Hall–Kier alpha value is -2.89. The lowest BCUT2D eigenvalue weighted by Crippen LogP contribution is -2.54. The second-order valence-corrected chi connectivity index (χ2v) is 12.1. The Morgan fingerprint density at radius 2 is 1.55 bits per heavy atom. The van der Waals surface area contributed by atoms with Gasteiger partial charge in [0.2, 0.25) is 11.8 Å². The van der Waals surface area contributed by atoms with Crippen molar-refractivity contribution in [3.05, 3.63) is 29.3 Å². The Morgan fingerprint density at radius 3 is 2.25 bits per heavy atom. The number of alkyl halides is 1. The van der Waals surface area contributed by atoms with Gasteiger partial charge < -0.3 is 15.1 Å². The zero-order valence-corrected chi connectivity index (χ0v) is 23.0. The Labute approximate surface area is 234 Å². The third-order valence-electron chi connectivity index (χ3n) is 9.40. The van der Waals surface area contributed by atoms with Gasteiger partial charge in [-0.2, -0.15) is 0 Å². The molecule has 0 aliphatic carbocycles. The summed E-state index contributed by atoms with van der Waals surface area (Å²) in [5.74, 6) is -1.27. The summed E-state index contributed by atoms with van der Waals surface area (Å²) in [4.78, 5) is 57.8. The van der Waals surface area contributed by atoms with Crippen molar-refractivity contribution in [1.29, 1.82) is 0 Å². The van der Waals surface area contributed by atoms with Crippen LogP contribution in [0.2, 0.25) is 0 Å². The molecular formula is C29H39FN6O4. The average Bonchev–Trinajstić information content (AvgIpc) is 3.20. The highest BCUT2D eigenvalue weighted by atomic mass is 19.1. The van der Waals surface area contributed by atoms with Crippen LogP contribution in [0.1, 0.15) is 59.2 Å². The van der Waals surface area contributed by atoms with Gasteiger partial charge in [-0.15, -0.1) is 0 Å². The molecule has 1 unspecified atom stereocenters. The number of carbonyl (C=O) groups is 4. The number of halogens is 1. The zero-order chi connectivity index (χ0) is 27.9. The molecule has 0 bridgehead atoms. The van der Waals surface area contributed by atoms with Gasteiger partial charge in [0.25, 0.3) is 11.8 Å². The number of rotatable bonds is 6. The number of carbonyl (C=O) groups excluding carboxylic acids is 4. The van der Waals surface area contributed by atoms with Crippen LogP contribution in [0.5, 0.6) is 0 Å². The first-order valence-corrected chi connectivity index (χ1v) is 14.7. The maximum Gasteiger partial charge on any atom is 0.262 e. The molecule has 0 radical (unpaired) electrons. The van der Waals surface area contributed by atoms with Crippen molar-refractivity contribution in [2.24, 2.45) is 5.92 Å². The minimum absolute atomic E-state index is 0.0934. The van der Waals surface area contributed by atoms with Crippen LogP contribution in [0.3, 0.4) is 0 Å². The minimum Gasteiger partial charge on any atom is -0.369 e. The van der Waals surface area contributed by atoms with E-state index in [1.807, 2.05) is 6.07 Å². The third-order valence-corrected chi connectivity index (χ3v) is 9.40. The molecule has 0 saturated carbocycles. The highest BCUT2D eigenvalue weighted by Gasteiger charge is 2.45. The molecule has 1 atom stereocenters. The highest BCUT2D eigenvalue weighted by Crippen LogP contribution is 2.32. The number of piperidine rings is 3. The predicted octanol–water partition coefficient (Wildman–Crippen LogP) is 1.01. The second-order valence-electron chi connectivity index (χ2n) is 12.1. The molecule has 6 rings (SSSR count). The molecule has 10 nitrogen and oxygen atoms in total. The van der Waals surface area contributed by atoms with Crippen molar-refractivity contribution in [1.82, 2.24) is 25.3 Å². The number of amides is 4. The minimum atomic E-state index is -1.15. The lowest BCUT2D eigenvalue weighted by Gasteiger charge is -2.43. The van der Waals surface area contributed by atoms with Crippen molar-refractivity contribution in [2.75, 3.05) is 70.3 Å². The summed E-state index contributed by atoms with van der Waals surface area (Å²) in [6.45, 7) is 8.28. The summed E-state index contributed by atoms with van der Waals surface area (Å²) in [5.41, 5.74) is 0.259. The Balaban J connectivity index is 1.01. The van der Waals surface area contributed by atoms with Crippen LogP contribution in [0.4, 0.5) is 10.1 Å². The van der Waals surface area contributed by atoms with E-state index in [1.54, 1.807) is 12.1 Å². The van der Waals surface area contributed by atoms with E-state index in [2.05, 4.69) is 25.3 Å². The molecule has 1 aromatic carbocycles. The number of imide groups is 2. The quantitative estimate of drug-likeness (QED) is 0.503. The van der Waals surface area contributed by atoms with Crippen LogP contribution in [-0.2, 0) is 9.59 Å². The van der Waals surface area contributed by atoms with Gasteiger partial charge in [-0.25, -0.2) is 4.39 Å². The Morgan fingerprint density at radius 1 is 0.850 bits per heavy atom. The van der Waals surface area contributed by atoms with Gasteiger partial charge in [0.1, 0.15) is 11.7 Å². The maximum absolute atomic E-state index is 15.8. The standard InChI is InChI=1S/C29H39FN6O4/c30-29(7-11-33(12-8-29)18-20-5-9-31-10-6-20)19-34-13-15-35(16-14-34)21-1-2-22-23(17-21)28(40)36(27(22)39)24-3-4-25(37)32-26(24)38/h1-2,17,20,24,31H,3-16,18-19H2,(H,32,37,38). The van der Waals surface area contributed by atoms with E-state index in [-0.39, 0.29) is 24.0 Å². The van der Waals surface area contributed by atoms with Crippen LogP contribution in [0, 0.1) is 5.92 Å². The van der Waals surface area contributed by atoms with Crippen molar-refractivity contribution in [2.45, 2.75) is 50.2 Å². The summed E-state index contributed by atoms with van der Waals surface area (Å²) in [6.07, 6.45) is 3.84. The predicted molar refractivity (Wildman–Crippen MR) is 147 cm³/mol. The number of nitrogens with zero attached hydrogens (tertiary/aromatic N) is 4. The summed E-state index contributed by atoms with van der Waals surface area (Å²) in [7, 11) is 0. The molecular weight excluding hydrogens is 515 g/mol. The van der Waals surface area contributed by atoms with Crippen LogP contribution in [0.15, 0.2) is 18.2 Å². The average molecular weight is 555 g/mol. The first-order chi connectivity index (χ1) is 19.3. The maximum atomic E-state index is 15.8. The molecule has 5 heterocycles. The number of hydrogen-bond acceptors (Lipinski definition) is 8. The fourth-order valence-electron chi connectivity index (χ4n) is 6.94. The molecule has 5 aliphatic rings. The van der Waals surface area contributed by atoms with E-state index >= 15 is 4.39 Å². The van der Waals surface area contributed by atoms with Gasteiger partial charge in [-0.1, -0.05) is 0 Å². The van der Waals surface area contributed by atoms with Crippen LogP contribution in [-0.4, -0.2) is 115 Å². The fourth-order valence-corrected chi connectivity index (χ4v) is 6.94. The number of fused-ring (bicyclic) bond motifs is 1. The molecule has 4 saturated heterocycles. The number of piperazine rings is 1. The molecule has 2 N–H and O–H groups in total. The van der Waals surface area contributed by atoms with Gasteiger partial charge in [0, 0.05) is 64.5 Å². The number of nitrogens with one attached hydrogen (secondary N) is 2. The third kappa shape index (κ3) is 5.51. The zero-order valence-electron chi connectivity index (χ0n) is 23.0. The Bertz CT molecular complexity index is 1170. The first-order valence-electron chi connectivity index (χ1n) is 14.7. The molecule has 5 aliphatic heterocycles. The lowest BCUT2D eigenvalue weighted by molar-refractivity contribution is -0.136. The summed E-state index contributed by atoms with van der Waals surface area (Å²) in [5, 5.41) is 5.64. The smallest absolute Gasteiger partial charge is 0.262 e. The van der Waals surface area contributed by atoms with Crippen LogP contribution < -0.4 is 15.5 Å². The lowest BCUT2D eigenvalue weighted by atomic mass is 9.90. The van der Waals surface area contributed by atoms with Crippen molar-refractivity contribution in [3.63, 3.8) is 0 Å². The van der Waals surface area contributed by atoms with E-state index in [0.29, 0.717) is 32.5 Å². The van der Waals surface area contributed by atoms with Gasteiger partial charge >= 0.3 is 0 Å². The number of benzene rings is 1. The molecule has 216 valence electrons. The molecule has 0 aromatic heterocycles. The number of hydrogen-bond donors (Lipinski definition) is 2. The molecule has 4 amide bonds. The molecule has 11 heteroatoms.